The number of hydrogen-bond donors (Lipinski definition) is 0. The summed E-state index contributed by atoms with van der Waals surface area (Å²) in [5, 5.41) is 9.45. The summed E-state index contributed by atoms with van der Waals surface area (Å²) in [6.07, 6.45) is 0. The molecule has 0 aromatic carbocycles. The van der Waals surface area contributed by atoms with Crippen LogP contribution in [0, 0.1) is 11.3 Å². The third kappa shape index (κ3) is 3.67. The molecule has 1 unspecified atom stereocenters. The van der Waals surface area contributed by atoms with E-state index in [1.165, 1.54) is 0 Å². The molecule has 0 amide bonds. The molecule has 0 aliphatic heterocycles. The van der Waals surface area contributed by atoms with Gasteiger partial charge in [0.15, 0.2) is 0 Å². The van der Waals surface area contributed by atoms with Crippen molar-refractivity contribution in [3.05, 3.63) is 0 Å². The summed E-state index contributed by atoms with van der Waals surface area (Å²) in [5.41, 5.74) is 0. The molecular weight excluding hydrogens is 152 g/mol. The molecule has 0 heterocycles. The molecule has 0 saturated carbocycles. The van der Waals surface area contributed by atoms with E-state index in [2.05, 4.69) is 0 Å². The number of halogens is 1. The smallest absolute Gasteiger partial charge is 0.135 e. The molecule has 0 aliphatic carbocycles. The van der Waals surface area contributed by atoms with E-state index in [0.29, 0.717) is 6.54 Å². The minimum absolute atomic E-state index is 0.449. The van der Waals surface area contributed by atoms with E-state index in [9.17, 15) is 0 Å². The molecule has 3 nitrogen and oxygen atoms in total. The van der Waals surface area contributed by atoms with Crippen LogP contribution in [-0.4, -0.2) is 30.6 Å². The van der Waals surface area contributed by atoms with Crippen LogP contribution in [0.1, 0.15) is 6.92 Å². The zero-order chi connectivity index (χ0) is 7.98. The summed E-state index contributed by atoms with van der Waals surface area (Å²) in [4.78, 5) is 4.87. The van der Waals surface area contributed by atoms with Crippen molar-refractivity contribution < 1.29 is 4.84 Å². The van der Waals surface area contributed by atoms with Gasteiger partial charge in [-0.1, -0.05) is 6.92 Å². The second-order valence-corrected chi connectivity index (χ2v) is 2.29. The van der Waals surface area contributed by atoms with Gasteiger partial charge in [-0.05, 0) is 0 Å². The van der Waals surface area contributed by atoms with Crippen molar-refractivity contribution in [2.75, 3.05) is 20.2 Å². The van der Waals surface area contributed by atoms with Crippen LogP contribution < -0.4 is 0 Å². The molecule has 0 aliphatic rings. The fraction of sp³-hybridized carbons (Fsp3) is 0.833. The Morgan fingerprint density at radius 3 is 2.70 bits per heavy atom. The van der Waals surface area contributed by atoms with Gasteiger partial charge in [0, 0.05) is 6.54 Å². The zero-order valence-corrected chi connectivity index (χ0v) is 6.93. The second kappa shape index (κ2) is 5.48. The van der Waals surface area contributed by atoms with Crippen molar-refractivity contribution in [3.8, 4) is 6.07 Å². The normalized spacial score (nSPS) is 13.1. The molecule has 58 valence electrons. The fourth-order valence-electron chi connectivity index (χ4n) is 0.552. The van der Waals surface area contributed by atoms with Gasteiger partial charge in [-0.25, -0.2) is 0 Å². The van der Waals surface area contributed by atoms with E-state index in [1.54, 1.807) is 12.2 Å². The average molecular weight is 163 g/mol. The zero-order valence-electron chi connectivity index (χ0n) is 6.17. The standard InChI is InChI=1S/C6H11ClN2O/c1-3-9(10-2)5-6(7)4-8/h6H,3,5H2,1-2H3. The van der Waals surface area contributed by atoms with Crippen LogP contribution in [0.5, 0.6) is 0 Å². The predicted octanol–water partition coefficient (Wildman–Crippen LogP) is 1.00. The summed E-state index contributed by atoms with van der Waals surface area (Å²) in [7, 11) is 1.56. The van der Waals surface area contributed by atoms with Crippen LogP contribution in [-0.2, 0) is 4.84 Å². The molecule has 0 spiro atoms. The van der Waals surface area contributed by atoms with E-state index in [1.807, 2.05) is 13.0 Å². The largest absolute Gasteiger partial charge is 0.302 e. The van der Waals surface area contributed by atoms with Crippen molar-refractivity contribution in [2.24, 2.45) is 0 Å². The maximum absolute atomic E-state index is 8.31. The van der Waals surface area contributed by atoms with Crippen LogP contribution in [0.3, 0.4) is 0 Å². The molecule has 0 bridgehead atoms. The van der Waals surface area contributed by atoms with Crippen LogP contribution >= 0.6 is 11.6 Å². The lowest BCUT2D eigenvalue weighted by Gasteiger charge is -2.16. The second-order valence-electron chi connectivity index (χ2n) is 1.76. The number of nitriles is 1. The molecule has 0 fully saturated rings. The molecule has 0 rings (SSSR count). The molecule has 0 aromatic rings. The summed E-state index contributed by atoms with van der Waals surface area (Å²) >= 11 is 5.53. The van der Waals surface area contributed by atoms with Crippen molar-refractivity contribution in [1.82, 2.24) is 5.06 Å². The lowest BCUT2D eigenvalue weighted by molar-refractivity contribution is -0.125. The highest BCUT2D eigenvalue weighted by atomic mass is 35.5. The minimum atomic E-state index is -0.486. The Labute approximate surface area is 66.1 Å². The summed E-state index contributed by atoms with van der Waals surface area (Å²) in [6, 6.07) is 1.91. The first-order valence-corrected chi connectivity index (χ1v) is 3.51. The maximum atomic E-state index is 8.31. The number of nitrogens with zero attached hydrogens (tertiary/aromatic N) is 2. The van der Waals surface area contributed by atoms with Crippen LogP contribution in [0.25, 0.3) is 0 Å². The Morgan fingerprint density at radius 2 is 2.40 bits per heavy atom. The van der Waals surface area contributed by atoms with Crippen LogP contribution in [0.4, 0.5) is 0 Å². The van der Waals surface area contributed by atoms with Crippen molar-refractivity contribution in [1.29, 1.82) is 5.26 Å². The molecule has 0 aromatic heterocycles. The molecule has 1 atom stereocenters. The lowest BCUT2D eigenvalue weighted by Crippen LogP contribution is -2.28. The summed E-state index contributed by atoms with van der Waals surface area (Å²) < 4.78 is 0. The Bertz CT molecular complexity index is 119. The van der Waals surface area contributed by atoms with Gasteiger partial charge in [-0.3, -0.25) is 0 Å². The number of hydroxylamine groups is 2. The van der Waals surface area contributed by atoms with Crippen LogP contribution in [0.15, 0.2) is 0 Å². The van der Waals surface area contributed by atoms with Gasteiger partial charge in [-0.2, -0.15) is 10.3 Å². The predicted molar refractivity (Wildman–Crippen MR) is 39.5 cm³/mol. The SMILES string of the molecule is CCN(CC(Cl)C#N)OC. The van der Waals surface area contributed by atoms with E-state index >= 15 is 0 Å². The van der Waals surface area contributed by atoms with Gasteiger partial charge < -0.3 is 4.84 Å². The molecule has 0 saturated heterocycles. The van der Waals surface area contributed by atoms with E-state index in [4.69, 9.17) is 21.7 Å². The quantitative estimate of drug-likeness (QED) is 0.457. The topological polar surface area (TPSA) is 36.3 Å². The first kappa shape index (κ1) is 9.70. The van der Waals surface area contributed by atoms with Crippen molar-refractivity contribution in [2.45, 2.75) is 12.3 Å². The van der Waals surface area contributed by atoms with E-state index in [0.717, 1.165) is 6.54 Å². The van der Waals surface area contributed by atoms with Gasteiger partial charge >= 0.3 is 0 Å². The Morgan fingerprint density at radius 1 is 1.80 bits per heavy atom. The fourth-order valence-corrected chi connectivity index (χ4v) is 0.706. The molecule has 0 N–H and O–H groups in total. The van der Waals surface area contributed by atoms with Crippen LogP contribution in [0.2, 0.25) is 0 Å². The Kier molecular flexibility index (Phi) is 5.32. The maximum Gasteiger partial charge on any atom is 0.135 e. The van der Waals surface area contributed by atoms with Gasteiger partial charge in [0.05, 0.1) is 19.7 Å². The highest BCUT2D eigenvalue weighted by Gasteiger charge is 2.07. The monoisotopic (exact) mass is 162 g/mol. The summed E-state index contributed by atoms with van der Waals surface area (Å²) in [5.74, 6) is 0. The molecule has 10 heavy (non-hydrogen) atoms. The van der Waals surface area contributed by atoms with Gasteiger partial charge in [0.2, 0.25) is 0 Å². The third-order valence-corrected chi connectivity index (χ3v) is 1.35. The average Bonchev–Trinajstić information content (AvgIpc) is 1.99. The first-order chi connectivity index (χ1) is 4.74. The Balaban J connectivity index is 3.54. The van der Waals surface area contributed by atoms with Gasteiger partial charge in [0.25, 0.3) is 0 Å². The van der Waals surface area contributed by atoms with Crippen molar-refractivity contribution >= 4 is 11.6 Å². The Hall–Kier alpha value is -0.300. The number of hydrogen-bond acceptors (Lipinski definition) is 3. The number of alkyl halides is 1. The van der Waals surface area contributed by atoms with E-state index in [-0.39, 0.29) is 0 Å². The van der Waals surface area contributed by atoms with Gasteiger partial charge in [0.1, 0.15) is 5.38 Å². The highest BCUT2D eigenvalue weighted by molar-refractivity contribution is 6.22. The summed E-state index contributed by atoms with van der Waals surface area (Å²) in [6.45, 7) is 3.12. The molecule has 0 radical (unpaired) electrons. The molecule has 4 heteroatoms. The van der Waals surface area contributed by atoms with Gasteiger partial charge in [-0.15, -0.1) is 11.6 Å². The van der Waals surface area contributed by atoms with Crippen molar-refractivity contribution in [3.63, 3.8) is 0 Å². The minimum Gasteiger partial charge on any atom is -0.302 e. The number of rotatable bonds is 4. The highest BCUT2D eigenvalue weighted by Crippen LogP contribution is 1.97. The lowest BCUT2D eigenvalue weighted by atomic mass is 10.4. The van der Waals surface area contributed by atoms with E-state index < -0.39 is 5.38 Å². The third-order valence-electron chi connectivity index (χ3n) is 1.11. The molecular formula is C6H11ClN2O. The first-order valence-electron chi connectivity index (χ1n) is 3.07.